The minimum Gasteiger partial charge on any atom is -0.477 e. The summed E-state index contributed by atoms with van der Waals surface area (Å²) in [5, 5.41) is 18.5. The van der Waals surface area contributed by atoms with E-state index in [4.69, 9.17) is 5.11 Å². The summed E-state index contributed by atoms with van der Waals surface area (Å²) in [5.74, 6) is -0.626. The topological polar surface area (TPSA) is 104 Å². The Hall–Kier alpha value is -0.960. The number of rotatable bonds is 5. The molecule has 0 amide bonds. The molecular weight excluding hydrogens is 314 g/mol. The molecule has 0 atom stereocenters. The Morgan fingerprint density at radius 3 is 2.52 bits per heavy atom. The molecule has 0 radical (unpaired) electrons. The Morgan fingerprint density at radius 1 is 1.43 bits per heavy atom. The van der Waals surface area contributed by atoms with E-state index in [1.54, 1.807) is 0 Å². The van der Waals surface area contributed by atoms with Crippen LogP contribution >= 0.6 is 11.3 Å². The maximum absolute atomic E-state index is 12.4. The molecule has 1 heterocycles. The Balaban J connectivity index is 2.20. The highest BCUT2D eigenvalue weighted by atomic mass is 32.2. The van der Waals surface area contributed by atoms with E-state index in [2.05, 4.69) is 11.6 Å². The molecule has 1 aromatic heterocycles. The maximum atomic E-state index is 12.4. The molecule has 8 heteroatoms. The number of aromatic carboxylic acids is 1. The maximum Gasteiger partial charge on any atom is 0.345 e. The van der Waals surface area contributed by atoms with E-state index in [0.717, 1.165) is 12.8 Å². The van der Waals surface area contributed by atoms with Crippen LogP contribution in [-0.2, 0) is 10.0 Å². The number of sulfonamides is 1. The first kappa shape index (κ1) is 16.4. The summed E-state index contributed by atoms with van der Waals surface area (Å²) in [5.41, 5.74) is -0.835. The molecule has 0 saturated heterocycles. The number of aliphatic hydroxyl groups is 1. The van der Waals surface area contributed by atoms with Crippen molar-refractivity contribution in [3.8, 4) is 0 Å². The highest BCUT2D eigenvalue weighted by Gasteiger charge is 2.38. The van der Waals surface area contributed by atoms with E-state index >= 15 is 0 Å². The van der Waals surface area contributed by atoms with Crippen molar-refractivity contribution >= 4 is 27.3 Å². The second-order valence-electron chi connectivity index (χ2n) is 5.65. The molecule has 0 spiro atoms. The lowest BCUT2D eigenvalue weighted by Crippen LogP contribution is -2.53. The highest BCUT2D eigenvalue weighted by molar-refractivity contribution is 7.91. The van der Waals surface area contributed by atoms with Gasteiger partial charge in [-0.15, -0.1) is 11.3 Å². The Morgan fingerprint density at radius 2 is 2.05 bits per heavy atom. The summed E-state index contributed by atoms with van der Waals surface area (Å²) in [7, 11) is -3.82. The molecule has 1 aromatic rings. The zero-order chi connectivity index (χ0) is 15.7. The van der Waals surface area contributed by atoms with Crippen LogP contribution in [0.3, 0.4) is 0 Å². The molecule has 21 heavy (non-hydrogen) atoms. The van der Waals surface area contributed by atoms with Gasteiger partial charge < -0.3 is 10.2 Å². The fourth-order valence-corrected chi connectivity index (χ4v) is 5.12. The number of aliphatic hydroxyl groups excluding tert-OH is 1. The molecule has 1 aliphatic carbocycles. The van der Waals surface area contributed by atoms with Crippen molar-refractivity contribution in [2.24, 2.45) is 5.92 Å². The SMILES string of the molecule is CC1CCC(CO)(NS(=O)(=O)c2ccc(C(=O)O)s2)CC1. The number of carbonyl (C=O) groups is 1. The van der Waals surface area contributed by atoms with Gasteiger partial charge in [0, 0.05) is 0 Å². The number of carboxylic acid groups (broad SMARTS) is 1. The first-order chi connectivity index (χ1) is 9.78. The van der Waals surface area contributed by atoms with E-state index in [1.807, 2.05) is 0 Å². The van der Waals surface area contributed by atoms with Gasteiger partial charge in [-0.2, -0.15) is 0 Å². The van der Waals surface area contributed by atoms with Gasteiger partial charge in [0.2, 0.25) is 0 Å². The molecular formula is C13H19NO5S2. The number of carboxylic acids is 1. The van der Waals surface area contributed by atoms with Crippen molar-refractivity contribution < 1.29 is 23.4 Å². The molecule has 2 rings (SSSR count). The van der Waals surface area contributed by atoms with Crippen LogP contribution in [0.5, 0.6) is 0 Å². The van der Waals surface area contributed by atoms with E-state index in [9.17, 15) is 18.3 Å². The van der Waals surface area contributed by atoms with Gasteiger partial charge in [-0.05, 0) is 43.7 Å². The minimum atomic E-state index is -3.82. The summed E-state index contributed by atoms with van der Waals surface area (Å²) in [6.45, 7) is 1.85. The lowest BCUT2D eigenvalue weighted by atomic mass is 9.78. The van der Waals surface area contributed by atoms with Crippen molar-refractivity contribution in [3.63, 3.8) is 0 Å². The summed E-state index contributed by atoms with van der Waals surface area (Å²) in [6.07, 6.45) is 2.88. The lowest BCUT2D eigenvalue weighted by molar-refractivity contribution is 0.0702. The zero-order valence-corrected chi connectivity index (χ0v) is 13.3. The Kier molecular flexibility index (Phi) is 4.72. The Bertz CT molecular complexity index is 614. The summed E-state index contributed by atoms with van der Waals surface area (Å²) in [6, 6.07) is 2.56. The number of hydrogen-bond acceptors (Lipinski definition) is 5. The molecule has 1 aliphatic rings. The molecule has 1 saturated carbocycles. The molecule has 3 N–H and O–H groups in total. The van der Waals surface area contributed by atoms with Gasteiger partial charge in [0.05, 0.1) is 12.1 Å². The minimum absolute atomic E-state index is 0.0225. The predicted molar refractivity (Wildman–Crippen MR) is 79.0 cm³/mol. The van der Waals surface area contributed by atoms with Crippen molar-refractivity contribution in [3.05, 3.63) is 17.0 Å². The van der Waals surface area contributed by atoms with Crippen molar-refractivity contribution in [1.82, 2.24) is 4.72 Å². The van der Waals surface area contributed by atoms with Gasteiger partial charge in [-0.3, -0.25) is 0 Å². The number of thiophene rings is 1. The second-order valence-corrected chi connectivity index (χ2v) is 8.64. The zero-order valence-electron chi connectivity index (χ0n) is 11.7. The van der Waals surface area contributed by atoms with Crippen LogP contribution in [0.4, 0.5) is 0 Å². The van der Waals surface area contributed by atoms with Crippen LogP contribution < -0.4 is 4.72 Å². The largest absolute Gasteiger partial charge is 0.477 e. The summed E-state index contributed by atoms with van der Waals surface area (Å²) < 4.78 is 27.3. The van der Waals surface area contributed by atoms with Gasteiger partial charge in [-0.1, -0.05) is 6.92 Å². The first-order valence-electron chi connectivity index (χ1n) is 6.76. The third kappa shape index (κ3) is 3.63. The average molecular weight is 333 g/mol. The van der Waals surface area contributed by atoms with Crippen LogP contribution in [0, 0.1) is 5.92 Å². The first-order valence-corrected chi connectivity index (χ1v) is 9.06. The number of nitrogens with one attached hydrogen (secondary N) is 1. The monoisotopic (exact) mass is 333 g/mol. The van der Waals surface area contributed by atoms with Gasteiger partial charge in [0.15, 0.2) is 0 Å². The van der Waals surface area contributed by atoms with Crippen LogP contribution in [0.15, 0.2) is 16.3 Å². The standard InChI is InChI=1S/C13H19NO5S2/c1-9-4-6-13(8-15,7-5-9)14-21(18,19)11-3-2-10(20-11)12(16)17/h2-3,9,14-15H,4-8H2,1H3,(H,16,17). The lowest BCUT2D eigenvalue weighted by Gasteiger charge is -2.38. The van der Waals surface area contributed by atoms with Gasteiger partial charge in [0.1, 0.15) is 9.09 Å². The Labute approximate surface area is 127 Å². The van der Waals surface area contributed by atoms with E-state index in [0.29, 0.717) is 30.1 Å². The fraction of sp³-hybridized carbons (Fsp3) is 0.615. The van der Waals surface area contributed by atoms with Crippen LogP contribution in [0.2, 0.25) is 0 Å². The summed E-state index contributed by atoms with van der Waals surface area (Å²) >= 11 is 0.715. The van der Waals surface area contributed by atoms with Crippen molar-refractivity contribution in [1.29, 1.82) is 0 Å². The summed E-state index contributed by atoms with van der Waals surface area (Å²) in [4.78, 5) is 10.8. The average Bonchev–Trinajstić information content (AvgIpc) is 2.92. The van der Waals surface area contributed by atoms with E-state index in [-0.39, 0.29) is 15.7 Å². The van der Waals surface area contributed by atoms with Gasteiger partial charge in [-0.25, -0.2) is 17.9 Å². The molecule has 0 aromatic carbocycles. The third-order valence-corrected chi connectivity index (χ3v) is 7.09. The molecule has 0 unspecified atom stereocenters. The second kappa shape index (κ2) is 6.04. The fourth-order valence-electron chi connectivity index (χ4n) is 2.52. The van der Waals surface area contributed by atoms with E-state index < -0.39 is 21.5 Å². The van der Waals surface area contributed by atoms with Crippen molar-refractivity contribution in [2.75, 3.05) is 6.61 Å². The molecule has 0 aliphatic heterocycles. The number of hydrogen-bond donors (Lipinski definition) is 3. The van der Waals surface area contributed by atoms with E-state index in [1.165, 1.54) is 12.1 Å². The van der Waals surface area contributed by atoms with Gasteiger partial charge >= 0.3 is 5.97 Å². The van der Waals surface area contributed by atoms with Crippen molar-refractivity contribution in [2.45, 2.75) is 42.4 Å². The quantitative estimate of drug-likeness (QED) is 0.760. The van der Waals surface area contributed by atoms with Crippen LogP contribution in [0.25, 0.3) is 0 Å². The molecule has 1 fully saturated rings. The third-order valence-electron chi connectivity index (χ3n) is 3.94. The predicted octanol–water partition coefficient (Wildman–Crippen LogP) is 1.67. The van der Waals surface area contributed by atoms with Gasteiger partial charge in [0.25, 0.3) is 10.0 Å². The smallest absolute Gasteiger partial charge is 0.345 e. The van der Waals surface area contributed by atoms with Crippen LogP contribution in [0.1, 0.15) is 42.3 Å². The molecule has 0 bridgehead atoms. The van der Waals surface area contributed by atoms with Crippen LogP contribution in [-0.4, -0.2) is 36.7 Å². The normalized spacial score (nSPS) is 26.7. The molecule has 118 valence electrons. The molecule has 6 nitrogen and oxygen atoms in total. The highest BCUT2D eigenvalue weighted by Crippen LogP contribution is 2.33.